The second-order valence-electron chi connectivity index (χ2n) is 5.81. The van der Waals surface area contributed by atoms with Crippen LogP contribution in [0, 0.1) is 6.92 Å². The van der Waals surface area contributed by atoms with Gasteiger partial charge >= 0.3 is 5.97 Å². The molecule has 0 unspecified atom stereocenters. The number of rotatable bonds is 3. The smallest absolute Gasteiger partial charge is 0.336 e. The van der Waals surface area contributed by atoms with E-state index in [9.17, 15) is 9.90 Å². The van der Waals surface area contributed by atoms with Crippen molar-refractivity contribution in [3.05, 3.63) is 70.4 Å². The summed E-state index contributed by atoms with van der Waals surface area (Å²) in [5.74, 6) is 0.0537. The number of hydrogen-bond donors (Lipinski definition) is 1. The van der Waals surface area contributed by atoms with Gasteiger partial charge in [-0.1, -0.05) is 34.1 Å². The van der Waals surface area contributed by atoms with E-state index in [0.29, 0.717) is 33.9 Å². The molecule has 4 rings (SSSR count). The number of carboxylic acid groups (broad SMARTS) is 1. The number of aromatic carboxylic acids is 1. The lowest BCUT2D eigenvalue weighted by Gasteiger charge is -2.06. The van der Waals surface area contributed by atoms with E-state index in [1.165, 1.54) is 6.07 Å². The quantitative estimate of drug-likeness (QED) is 0.495. The molecule has 6 heteroatoms. The van der Waals surface area contributed by atoms with E-state index >= 15 is 0 Å². The monoisotopic (exact) mass is 408 g/mol. The van der Waals surface area contributed by atoms with Crippen molar-refractivity contribution in [1.82, 2.24) is 9.97 Å². The summed E-state index contributed by atoms with van der Waals surface area (Å²) in [7, 11) is 0. The van der Waals surface area contributed by atoms with Crippen LogP contribution >= 0.6 is 15.9 Å². The Hall–Kier alpha value is -2.99. The molecule has 0 aliphatic heterocycles. The zero-order valence-electron chi connectivity index (χ0n) is 13.7. The third-order valence-corrected chi connectivity index (χ3v) is 4.55. The summed E-state index contributed by atoms with van der Waals surface area (Å²) >= 11 is 3.37. The van der Waals surface area contributed by atoms with E-state index in [1.54, 1.807) is 19.1 Å². The van der Waals surface area contributed by atoms with Crippen LogP contribution in [0.3, 0.4) is 0 Å². The van der Waals surface area contributed by atoms with Crippen LogP contribution in [0.25, 0.3) is 33.7 Å². The third kappa shape index (κ3) is 2.88. The standard InChI is InChI=1S/C20H13BrN2O3/c1-11-18(23-19(26-11)12-5-3-2-4-6-12)17-10-15(20(24)25)14-9-13(21)7-8-16(14)22-17/h2-10H,1H3,(H,24,25). The predicted molar refractivity (Wildman–Crippen MR) is 102 cm³/mol. The highest BCUT2D eigenvalue weighted by Crippen LogP contribution is 2.31. The fourth-order valence-electron chi connectivity index (χ4n) is 2.83. The Morgan fingerprint density at radius 3 is 2.58 bits per heavy atom. The Morgan fingerprint density at radius 1 is 1.08 bits per heavy atom. The number of fused-ring (bicyclic) bond motifs is 1. The van der Waals surface area contributed by atoms with Crippen molar-refractivity contribution in [1.29, 1.82) is 0 Å². The molecular weight excluding hydrogens is 396 g/mol. The van der Waals surface area contributed by atoms with E-state index in [2.05, 4.69) is 25.9 Å². The molecule has 0 atom stereocenters. The summed E-state index contributed by atoms with van der Waals surface area (Å²) in [5, 5.41) is 10.2. The van der Waals surface area contributed by atoms with Gasteiger partial charge in [0, 0.05) is 15.4 Å². The van der Waals surface area contributed by atoms with E-state index < -0.39 is 5.97 Å². The molecule has 2 aromatic heterocycles. The van der Waals surface area contributed by atoms with E-state index in [0.717, 1.165) is 10.0 Å². The number of aryl methyl sites for hydroxylation is 1. The molecule has 0 fully saturated rings. The van der Waals surface area contributed by atoms with Crippen molar-refractivity contribution in [3.63, 3.8) is 0 Å². The van der Waals surface area contributed by atoms with Crippen LogP contribution in [0.15, 0.2) is 63.5 Å². The molecule has 128 valence electrons. The molecule has 1 N–H and O–H groups in total. The average molecular weight is 409 g/mol. The Labute approximate surface area is 157 Å². The number of pyridine rings is 1. The molecule has 0 radical (unpaired) electrons. The summed E-state index contributed by atoms with van der Waals surface area (Å²) in [5.41, 5.74) is 2.63. The van der Waals surface area contributed by atoms with Crippen LogP contribution in [0.5, 0.6) is 0 Å². The summed E-state index contributed by atoms with van der Waals surface area (Å²) in [6.07, 6.45) is 0. The van der Waals surface area contributed by atoms with Crippen LogP contribution < -0.4 is 0 Å². The fourth-order valence-corrected chi connectivity index (χ4v) is 3.20. The summed E-state index contributed by atoms with van der Waals surface area (Å²) in [6, 6.07) is 16.4. The van der Waals surface area contributed by atoms with Gasteiger partial charge in [-0.3, -0.25) is 0 Å². The van der Waals surface area contributed by atoms with Gasteiger partial charge < -0.3 is 9.52 Å². The second kappa shape index (κ2) is 6.38. The van der Waals surface area contributed by atoms with Gasteiger partial charge in [-0.25, -0.2) is 14.8 Å². The van der Waals surface area contributed by atoms with Gasteiger partial charge in [0.25, 0.3) is 0 Å². The van der Waals surface area contributed by atoms with Crippen molar-refractivity contribution in [2.75, 3.05) is 0 Å². The number of nitrogens with zero attached hydrogens (tertiary/aromatic N) is 2. The zero-order chi connectivity index (χ0) is 18.3. The van der Waals surface area contributed by atoms with Crippen LogP contribution in [-0.2, 0) is 0 Å². The maximum absolute atomic E-state index is 11.7. The first-order chi connectivity index (χ1) is 12.5. The predicted octanol–water partition coefficient (Wildman–Crippen LogP) is 5.33. The maximum Gasteiger partial charge on any atom is 0.336 e. The molecule has 26 heavy (non-hydrogen) atoms. The molecule has 2 heterocycles. The van der Waals surface area contributed by atoms with Gasteiger partial charge in [0.1, 0.15) is 11.5 Å². The molecular formula is C20H13BrN2O3. The first-order valence-electron chi connectivity index (χ1n) is 7.90. The number of carboxylic acids is 1. The highest BCUT2D eigenvalue weighted by atomic mass is 79.9. The SMILES string of the molecule is Cc1oc(-c2ccccc2)nc1-c1cc(C(=O)O)c2cc(Br)ccc2n1. The maximum atomic E-state index is 11.7. The number of benzene rings is 2. The Morgan fingerprint density at radius 2 is 1.85 bits per heavy atom. The van der Waals surface area contributed by atoms with Crippen LogP contribution in [0.2, 0.25) is 0 Å². The minimum Gasteiger partial charge on any atom is -0.478 e. The van der Waals surface area contributed by atoms with Gasteiger partial charge in [-0.05, 0) is 43.3 Å². The lowest BCUT2D eigenvalue weighted by atomic mass is 10.1. The van der Waals surface area contributed by atoms with E-state index in [4.69, 9.17) is 4.42 Å². The normalized spacial score (nSPS) is 11.0. The number of halogens is 1. The Bertz CT molecular complexity index is 1140. The molecule has 5 nitrogen and oxygen atoms in total. The molecule has 0 aliphatic carbocycles. The number of hydrogen-bond acceptors (Lipinski definition) is 4. The molecule has 0 bridgehead atoms. The van der Waals surface area contributed by atoms with Crippen molar-refractivity contribution < 1.29 is 14.3 Å². The number of oxazole rings is 1. The van der Waals surface area contributed by atoms with Gasteiger partial charge in [-0.2, -0.15) is 0 Å². The lowest BCUT2D eigenvalue weighted by molar-refractivity contribution is 0.0699. The van der Waals surface area contributed by atoms with Gasteiger partial charge in [0.15, 0.2) is 0 Å². The molecule has 0 amide bonds. The Balaban J connectivity index is 1.91. The fraction of sp³-hybridized carbons (Fsp3) is 0.0500. The lowest BCUT2D eigenvalue weighted by Crippen LogP contribution is -2.01. The molecule has 0 spiro atoms. The minimum atomic E-state index is -1.01. The van der Waals surface area contributed by atoms with Gasteiger partial charge in [-0.15, -0.1) is 0 Å². The summed E-state index contributed by atoms with van der Waals surface area (Å²) in [6.45, 7) is 1.79. The first-order valence-corrected chi connectivity index (χ1v) is 8.69. The molecule has 4 aromatic rings. The minimum absolute atomic E-state index is 0.176. The van der Waals surface area contributed by atoms with Crippen LogP contribution in [0.4, 0.5) is 0 Å². The van der Waals surface area contributed by atoms with E-state index in [-0.39, 0.29) is 5.56 Å². The largest absolute Gasteiger partial charge is 0.478 e. The number of aromatic nitrogens is 2. The number of carbonyl (C=O) groups is 1. The van der Waals surface area contributed by atoms with E-state index in [1.807, 2.05) is 36.4 Å². The highest BCUT2D eigenvalue weighted by molar-refractivity contribution is 9.10. The van der Waals surface area contributed by atoms with Gasteiger partial charge in [0.2, 0.25) is 5.89 Å². The average Bonchev–Trinajstić information content (AvgIpc) is 3.03. The molecule has 2 aromatic carbocycles. The summed E-state index contributed by atoms with van der Waals surface area (Å²) < 4.78 is 6.58. The zero-order valence-corrected chi connectivity index (χ0v) is 15.3. The van der Waals surface area contributed by atoms with Crippen molar-refractivity contribution in [2.45, 2.75) is 6.92 Å². The topological polar surface area (TPSA) is 76.2 Å². The second-order valence-corrected chi connectivity index (χ2v) is 6.73. The molecule has 0 saturated heterocycles. The van der Waals surface area contributed by atoms with Crippen molar-refractivity contribution in [2.24, 2.45) is 0 Å². The summed E-state index contributed by atoms with van der Waals surface area (Å²) in [4.78, 5) is 20.9. The van der Waals surface area contributed by atoms with Crippen molar-refractivity contribution in [3.8, 4) is 22.8 Å². The highest BCUT2D eigenvalue weighted by Gasteiger charge is 2.18. The van der Waals surface area contributed by atoms with Crippen LogP contribution in [0.1, 0.15) is 16.1 Å². The first kappa shape index (κ1) is 16.5. The Kier molecular flexibility index (Phi) is 4.05. The van der Waals surface area contributed by atoms with Crippen LogP contribution in [-0.4, -0.2) is 21.0 Å². The van der Waals surface area contributed by atoms with Gasteiger partial charge in [0.05, 0.1) is 16.8 Å². The third-order valence-electron chi connectivity index (χ3n) is 4.06. The van der Waals surface area contributed by atoms with Crippen molar-refractivity contribution >= 4 is 32.8 Å². The molecule has 0 aliphatic rings. The molecule has 0 saturated carbocycles.